The third-order valence-electron chi connectivity index (χ3n) is 14.1. The molecule has 17 heteroatoms. The van der Waals surface area contributed by atoms with Gasteiger partial charge in [0.2, 0.25) is 5.91 Å². The summed E-state index contributed by atoms with van der Waals surface area (Å²) in [5, 5.41) is 6.48. The number of rotatable bonds is 10. The molecule has 77 heavy (non-hydrogen) atoms. The number of carbonyl (C=O) groups excluding carboxylic acids is 3. The van der Waals surface area contributed by atoms with Gasteiger partial charge in [-0.05, 0) is 105 Å². The summed E-state index contributed by atoms with van der Waals surface area (Å²) in [5.74, 6) is 2.06. The van der Waals surface area contributed by atoms with Gasteiger partial charge in [0.1, 0.15) is 43.7 Å². The average molecular weight is 1140 g/mol. The van der Waals surface area contributed by atoms with Gasteiger partial charge in [0.25, 0.3) is 0 Å². The van der Waals surface area contributed by atoms with Crippen molar-refractivity contribution in [1.29, 1.82) is 0 Å². The Morgan fingerprint density at radius 2 is 0.974 bits per heavy atom. The molecular weight excluding hydrogens is 1050 g/mol. The van der Waals surface area contributed by atoms with E-state index < -0.39 is 5.60 Å². The molecule has 0 N–H and O–H groups in total. The molecule has 0 saturated carbocycles. The number of esters is 1. The quantitative estimate of drug-likeness (QED) is 0.124. The standard InChI is InChI=1S/C32H43ClN4O4S.C28H41ClN2O3S/c1-19-14-22(17-26(39)40-8)35-37(19)18-25(38)36-12-10-20(11-13-36)30-34-27(29(33)42-30)21-15-23(31(2,3)4)28(41-9)24(16-21)32(5,6)7;1-26(2,3)19-15-18(16-20(22(19)33-10)27(4,5)6)21-23(29)35-24(30-21)17-11-13-31(14-12-17)25(32)34-28(7,8)9/h14-16,20H,10-13,17-18H2,1-9H3;15-17H,11-14H2,1-10H3. The molecule has 2 fully saturated rings. The van der Waals surface area contributed by atoms with E-state index in [2.05, 4.69) is 112 Å². The maximum Gasteiger partial charge on any atom is 0.410 e. The molecule has 0 atom stereocenters. The van der Waals surface area contributed by atoms with Crippen molar-refractivity contribution in [3.8, 4) is 34.0 Å². The molecular formula is C60H84Cl2N6O7S2. The zero-order valence-corrected chi connectivity index (χ0v) is 52.4. The van der Waals surface area contributed by atoms with Crippen LogP contribution in [0.1, 0.15) is 185 Å². The molecule has 5 heterocycles. The van der Waals surface area contributed by atoms with Crippen LogP contribution < -0.4 is 9.47 Å². The number of methoxy groups -OCH3 is 3. The van der Waals surface area contributed by atoms with E-state index in [4.69, 9.17) is 52.1 Å². The van der Waals surface area contributed by atoms with E-state index in [0.29, 0.717) is 40.5 Å². The number of carbonyl (C=O) groups is 3. The third-order valence-corrected chi connectivity index (χ3v) is 17.0. The van der Waals surface area contributed by atoms with Crippen LogP contribution in [-0.2, 0) is 53.7 Å². The first-order valence-electron chi connectivity index (χ1n) is 26.8. The van der Waals surface area contributed by atoms with E-state index in [9.17, 15) is 14.4 Å². The zero-order valence-electron chi connectivity index (χ0n) is 49.2. The van der Waals surface area contributed by atoms with Gasteiger partial charge in [0, 0.05) is 77.1 Å². The molecule has 2 saturated heterocycles. The number of ether oxygens (including phenoxy) is 4. The Hall–Kier alpha value is -4.70. The second-order valence-corrected chi connectivity index (χ2v) is 28.9. The highest BCUT2D eigenvalue weighted by molar-refractivity contribution is 7.16. The number of nitrogens with zero attached hydrogens (tertiary/aromatic N) is 6. The van der Waals surface area contributed by atoms with Gasteiger partial charge in [-0.2, -0.15) is 5.10 Å². The van der Waals surface area contributed by atoms with E-state index in [1.807, 2.05) is 38.7 Å². The molecule has 2 aromatic carbocycles. The monoisotopic (exact) mass is 1130 g/mol. The number of halogens is 2. The molecule has 0 spiro atoms. The van der Waals surface area contributed by atoms with Crippen molar-refractivity contribution >= 4 is 63.8 Å². The summed E-state index contributed by atoms with van der Waals surface area (Å²) in [5.41, 5.74) is 8.77. The van der Waals surface area contributed by atoms with Gasteiger partial charge in [0.15, 0.2) is 0 Å². The maximum atomic E-state index is 13.1. The van der Waals surface area contributed by atoms with Gasteiger partial charge >= 0.3 is 12.1 Å². The summed E-state index contributed by atoms with van der Waals surface area (Å²) < 4.78 is 25.2. The summed E-state index contributed by atoms with van der Waals surface area (Å²) >= 11 is 16.8. The summed E-state index contributed by atoms with van der Waals surface area (Å²) in [6.07, 6.45) is 3.20. The van der Waals surface area contributed by atoms with Crippen LogP contribution >= 0.6 is 45.9 Å². The molecule has 2 aliphatic heterocycles. The van der Waals surface area contributed by atoms with Gasteiger partial charge < -0.3 is 28.7 Å². The lowest BCUT2D eigenvalue weighted by Crippen LogP contribution is -2.41. The van der Waals surface area contributed by atoms with Crippen LogP contribution in [-0.4, -0.2) is 101 Å². The van der Waals surface area contributed by atoms with E-state index in [0.717, 1.165) is 97.7 Å². The van der Waals surface area contributed by atoms with Crippen LogP contribution in [0.2, 0.25) is 8.67 Å². The van der Waals surface area contributed by atoms with Crippen molar-refractivity contribution in [1.82, 2.24) is 29.5 Å². The Morgan fingerprint density at radius 3 is 1.31 bits per heavy atom. The predicted octanol–water partition coefficient (Wildman–Crippen LogP) is 14.9. The Bertz CT molecular complexity index is 2840. The van der Waals surface area contributed by atoms with E-state index in [1.54, 1.807) is 46.5 Å². The van der Waals surface area contributed by atoms with Crippen molar-refractivity contribution in [3.63, 3.8) is 0 Å². The third kappa shape index (κ3) is 15.2. The van der Waals surface area contributed by atoms with Crippen molar-refractivity contribution in [2.75, 3.05) is 47.5 Å². The molecule has 13 nitrogen and oxygen atoms in total. The fourth-order valence-corrected chi connectivity index (χ4v) is 12.6. The molecule has 0 unspecified atom stereocenters. The molecule has 0 bridgehead atoms. The molecule has 2 amide bonds. The van der Waals surface area contributed by atoms with Gasteiger partial charge in [0.05, 0.1) is 43.5 Å². The summed E-state index contributed by atoms with van der Waals surface area (Å²) in [6, 6.07) is 10.5. The van der Waals surface area contributed by atoms with Crippen LogP contribution in [0.25, 0.3) is 22.5 Å². The topological polar surface area (TPSA) is 138 Å². The Balaban J connectivity index is 0.000000254. The molecule has 3 aromatic heterocycles. The van der Waals surface area contributed by atoms with Crippen LogP contribution in [0.5, 0.6) is 11.5 Å². The fraction of sp³-hybridized carbons (Fsp3) is 0.600. The van der Waals surface area contributed by atoms with Crippen molar-refractivity contribution in [2.45, 2.75) is 189 Å². The van der Waals surface area contributed by atoms with Crippen LogP contribution in [0.15, 0.2) is 30.3 Å². The van der Waals surface area contributed by atoms with Crippen molar-refractivity contribution in [2.24, 2.45) is 0 Å². The van der Waals surface area contributed by atoms with E-state index in [1.165, 1.54) is 7.11 Å². The largest absolute Gasteiger partial charge is 0.496 e. The second-order valence-electron chi connectivity index (χ2n) is 25.6. The lowest BCUT2D eigenvalue weighted by molar-refractivity contribution is -0.139. The maximum absolute atomic E-state index is 13.1. The van der Waals surface area contributed by atoms with Gasteiger partial charge in [-0.15, -0.1) is 22.7 Å². The number of hydrogen-bond acceptors (Lipinski definition) is 12. The van der Waals surface area contributed by atoms with Gasteiger partial charge in [-0.25, -0.2) is 14.8 Å². The number of thiazole rings is 2. The van der Waals surface area contributed by atoms with Gasteiger partial charge in [-0.1, -0.05) is 106 Å². The number of aryl methyl sites for hydroxylation is 1. The second kappa shape index (κ2) is 23.9. The minimum Gasteiger partial charge on any atom is -0.496 e. The van der Waals surface area contributed by atoms with Crippen molar-refractivity contribution in [3.05, 3.63) is 82.7 Å². The Kier molecular flexibility index (Phi) is 19.1. The predicted molar refractivity (Wildman–Crippen MR) is 314 cm³/mol. The SMILES string of the molecule is COC(=O)Cc1cc(C)n(CC(=O)N2CCC(c3nc(-c4cc(C(C)(C)C)c(OC)c(C(C)(C)C)c4)c(Cl)s3)CC2)n1.COc1c(C(C)(C)C)cc(-c2nc(C3CCN(C(=O)OC(C)(C)C)CC3)sc2Cl)cc1C(C)(C)C. The number of hydrogen-bond donors (Lipinski definition) is 0. The highest BCUT2D eigenvalue weighted by atomic mass is 35.5. The van der Waals surface area contributed by atoms with E-state index in [-0.39, 0.29) is 64.4 Å². The molecule has 0 radical (unpaired) electrons. The lowest BCUT2D eigenvalue weighted by Gasteiger charge is -2.32. The first kappa shape index (κ1) is 61.5. The molecule has 422 valence electrons. The highest BCUT2D eigenvalue weighted by Gasteiger charge is 2.34. The fourth-order valence-electron chi connectivity index (χ4n) is 9.82. The van der Waals surface area contributed by atoms with Crippen LogP contribution in [0.4, 0.5) is 4.79 Å². The molecule has 0 aliphatic carbocycles. The zero-order chi connectivity index (χ0) is 57.3. The first-order chi connectivity index (χ1) is 35.6. The number of likely N-dealkylation sites (tertiary alicyclic amines) is 2. The van der Waals surface area contributed by atoms with Crippen LogP contribution in [0, 0.1) is 6.92 Å². The Labute approximate surface area is 476 Å². The van der Waals surface area contributed by atoms with Gasteiger partial charge in [-0.3, -0.25) is 14.3 Å². The Morgan fingerprint density at radius 1 is 0.597 bits per heavy atom. The minimum atomic E-state index is -0.484. The minimum absolute atomic E-state index is 0.0183. The number of aromatic nitrogens is 4. The smallest absolute Gasteiger partial charge is 0.410 e. The molecule has 7 rings (SSSR count). The summed E-state index contributed by atoms with van der Waals surface area (Å²) in [4.78, 5) is 50.9. The summed E-state index contributed by atoms with van der Waals surface area (Å²) in [7, 11) is 4.84. The van der Waals surface area contributed by atoms with E-state index >= 15 is 0 Å². The molecule has 2 aliphatic rings. The number of amides is 2. The van der Waals surface area contributed by atoms with Crippen LogP contribution in [0.3, 0.4) is 0 Å². The normalized spacial score (nSPS) is 15.3. The number of piperidine rings is 2. The first-order valence-corrected chi connectivity index (χ1v) is 29.2. The highest BCUT2D eigenvalue weighted by Crippen LogP contribution is 2.48. The number of benzene rings is 2. The summed E-state index contributed by atoms with van der Waals surface area (Å²) in [6.45, 7) is 36.7. The van der Waals surface area contributed by atoms with Crippen molar-refractivity contribution < 1.29 is 33.3 Å². The lowest BCUT2D eigenvalue weighted by atomic mass is 9.78. The molecule has 5 aromatic rings. The average Bonchev–Trinajstić information content (AvgIpc) is 4.05.